The molecular formula is C16H21NO3. The highest BCUT2D eigenvalue weighted by Crippen LogP contribution is 2.20. The first kappa shape index (κ1) is 16.0. The molecule has 0 fully saturated rings. The smallest absolute Gasteiger partial charge is 0.328 e. The van der Waals surface area contributed by atoms with Gasteiger partial charge in [0.2, 0.25) is 5.91 Å². The standard InChI is InChI=1S/C16H21NO3/c1-10(2)12(4)16(20)17-14-9-13(6-5-11(14)3)7-8-15(18)19/h5-10,12H,1-4H3,(H,17,20)(H,18,19). The third-order valence-electron chi connectivity index (χ3n) is 3.35. The average Bonchev–Trinajstić information content (AvgIpc) is 2.38. The van der Waals surface area contributed by atoms with Gasteiger partial charge in [-0.2, -0.15) is 0 Å². The molecule has 0 saturated heterocycles. The summed E-state index contributed by atoms with van der Waals surface area (Å²) in [5.74, 6) is -0.829. The molecule has 4 nitrogen and oxygen atoms in total. The minimum Gasteiger partial charge on any atom is -0.478 e. The number of carboxylic acids is 1. The minimum atomic E-state index is -0.996. The average molecular weight is 275 g/mol. The molecule has 0 heterocycles. The van der Waals surface area contributed by atoms with Crippen molar-refractivity contribution in [2.45, 2.75) is 27.7 Å². The van der Waals surface area contributed by atoms with Crippen molar-refractivity contribution < 1.29 is 14.7 Å². The summed E-state index contributed by atoms with van der Waals surface area (Å²) in [7, 11) is 0. The highest BCUT2D eigenvalue weighted by molar-refractivity contribution is 5.93. The molecule has 108 valence electrons. The first-order chi connectivity index (χ1) is 9.31. The molecule has 1 aromatic rings. The Labute approximate surface area is 119 Å². The number of aliphatic carboxylic acids is 1. The predicted octanol–water partition coefficient (Wildman–Crippen LogP) is 3.32. The summed E-state index contributed by atoms with van der Waals surface area (Å²) in [5, 5.41) is 11.5. The number of aryl methyl sites for hydroxylation is 1. The number of rotatable bonds is 5. The maximum atomic E-state index is 12.1. The van der Waals surface area contributed by atoms with Crippen LogP contribution in [0.3, 0.4) is 0 Å². The zero-order valence-corrected chi connectivity index (χ0v) is 12.3. The minimum absolute atomic E-state index is 0.0255. The van der Waals surface area contributed by atoms with E-state index < -0.39 is 5.97 Å². The third-order valence-corrected chi connectivity index (χ3v) is 3.35. The summed E-state index contributed by atoms with van der Waals surface area (Å²) < 4.78 is 0. The molecule has 0 saturated carbocycles. The Kier molecular flexibility index (Phi) is 5.50. The van der Waals surface area contributed by atoms with E-state index >= 15 is 0 Å². The molecule has 1 unspecified atom stereocenters. The zero-order chi connectivity index (χ0) is 15.3. The Morgan fingerprint density at radius 3 is 2.45 bits per heavy atom. The van der Waals surface area contributed by atoms with Gasteiger partial charge < -0.3 is 10.4 Å². The number of carbonyl (C=O) groups excluding carboxylic acids is 1. The van der Waals surface area contributed by atoms with E-state index in [0.717, 1.165) is 22.9 Å². The fraction of sp³-hybridized carbons (Fsp3) is 0.375. The molecule has 1 aromatic carbocycles. The number of amides is 1. The van der Waals surface area contributed by atoms with Gasteiger partial charge in [-0.1, -0.05) is 32.9 Å². The summed E-state index contributed by atoms with van der Waals surface area (Å²) >= 11 is 0. The second-order valence-electron chi connectivity index (χ2n) is 5.27. The van der Waals surface area contributed by atoms with Crippen LogP contribution in [0.4, 0.5) is 5.69 Å². The first-order valence-corrected chi connectivity index (χ1v) is 6.63. The normalized spacial score (nSPS) is 12.7. The quantitative estimate of drug-likeness (QED) is 0.810. The topological polar surface area (TPSA) is 66.4 Å². The molecule has 2 N–H and O–H groups in total. The van der Waals surface area contributed by atoms with E-state index in [4.69, 9.17) is 5.11 Å². The SMILES string of the molecule is Cc1ccc(C=CC(=O)O)cc1NC(=O)C(C)C(C)C. The van der Waals surface area contributed by atoms with Gasteiger partial charge in [-0.3, -0.25) is 4.79 Å². The van der Waals surface area contributed by atoms with Gasteiger partial charge in [-0.15, -0.1) is 0 Å². The van der Waals surface area contributed by atoms with Crippen LogP contribution in [0.5, 0.6) is 0 Å². The monoisotopic (exact) mass is 275 g/mol. The summed E-state index contributed by atoms with van der Waals surface area (Å²) in [4.78, 5) is 22.6. The van der Waals surface area contributed by atoms with Crippen LogP contribution in [0.1, 0.15) is 31.9 Å². The van der Waals surface area contributed by atoms with Gasteiger partial charge in [0, 0.05) is 17.7 Å². The number of hydrogen-bond acceptors (Lipinski definition) is 2. The lowest BCUT2D eigenvalue weighted by Gasteiger charge is -2.16. The van der Waals surface area contributed by atoms with E-state index in [0.29, 0.717) is 0 Å². The van der Waals surface area contributed by atoms with Crippen LogP contribution >= 0.6 is 0 Å². The van der Waals surface area contributed by atoms with Gasteiger partial charge in [-0.25, -0.2) is 4.79 Å². The van der Waals surface area contributed by atoms with E-state index in [9.17, 15) is 9.59 Å². The van der Waals surface area contributed by atoms with Gasteiger partial charge >= 0.3 is 5.97 Å². The van der Waals surface area contributed by atoms with Gasteiger partial charge in [0.05, 0.1) is 0 Å². The van der Waals surface area contributed by atoms with Gasteiger partial charge in [0.25, 0.3) is 0 Å². The summed E-state index contributed by atoms with van der Waals surface area (Å²) in [6.45, 7) is 7.80. The maximum absolute atomic E-state index is 12.1. The second-order valence-corrected chi connectivity index (χ2v) is 5.27. The van der Waals surface area contributed by atoms with E-state index in [2.05, 4.69) is 5.32 Å². The Morgan fingerprint density at radius 1 is 1.25 bits per heavy atom. The van der Waals surface area contributed by atoms with Crippen LogP contribution < -0.4 is 5.32 Å². The summed E-state index contributed by atoms with van der Waals surface area (Å²) in [6, 6.07) is 5.45. The van der Waals surface area contributed by atoms with Gasteiger partial charge in [0.1, 0.15) is 0 Å². The van der Waals surface area contributed by atoms with Crippen molar-refractivity contribution in [1.29, 1.82) is 0 Å². The molecule has 0 aliphatic heterocycles. The fourth-order valence-corrected chi connectivity index (χ4v) is 1.59. The van der Waals surface area contributed by atoms with Crippen LogP contribution in [0.25, 0.3) is 6.08 Å². The van der Waals surface area contributed by atoms with Gasteiger partial charge in [-0.05, 0) is 36.1 Å². The number of hydrogen-bond donors (Lipinski definition) is 2. The van der Waals surface area contributed by atoms with Crippen LogP contribution in [0.2, 0.25) is 0 Å². The number of carbonyl (C=O) groups is 2. The molecule has 0 aliphatic rings. The highest BCUT2D eigenvalue weighted by Gasteiger charge is 2.17. The summed E-state index contributed by atoms with van der Waals surface area (Å²) in [5.41, 5.74) is 2.40. The molecule has 20 heavy (non-hydrogen) atoms. The predicted molar refractivity (Wildman–Crippen MR) is 80.5 cm³/mol. The molecule has 1 atom stereocenters. The van der Waals surface area contributed by atoms with Crippen molar-refractivity contribution in [2.75, 3.05) is 5.32 Å². The van der Waals surface area contributed by atoms with E-state index in [1.165, 1.54) is 6.08 Å². The van der Waals surface area contributed by atoms with Crippen LogP contribution in [-0.4, -0.2) is 17.0 Å². The molecule has 0 radical (unpaired) electrons. The molecule has 0 aliphatic carbocycles. The molecule has 4 heteroatoms. The van der Waals surface area contributed by atoms with Crippen molar-refractivity contribution in [2.24, 2.45) is 11.8 Å². The number of nitrogens with one attached hydrogen (secondary N) is 1. The second kappa shape index (κ2) is 6.89. The molecule has 1 rings (SSSR count). The number of anilines is 1. The number of benzene rings is 1. The van der Waals surface area contributed by atoms with Crippen LogP contribution in [-0.2, 0) is 9.59 Å². The lowest BCUT2D eigenvalue weighted by Crippen LogP contribution is -2.24. The molecule has 0 bridgehead atoms. The number of carboxylic acid groups (broad SMARTS) is 1. The van der Waals surface area contributed by atoms with Crippen molar-refractivity contribution in [3.63, 3.8) is 0 Å². The lowest BCUT2D eigenvalue weighted by molar-refractivity contribution is -0.131. The molecular weight excluding hydrogens is 254 g/mol. The van der Waals surface area contributed by atoms with Crippen molar-refractivity contribution in [3.05, 3.63) is 35.4 Å². The largest absolute Gasteiger partial charge is 0.478 e. The van der Waals surface area contributed by atoms with Crippen LogP contribution in [0.15, 0.2) is 24.3 Å². The van der Waals surface area contributed by atoms with E-state index in [1.807, 2.05) is 39.8 Å². The Bertz CT molecular complexity index is 533. The molecule has 0 spiro atoms. The lowest BCUT2D eigenvalue weighted by atomic mass is 9.97. The van der Waals surface area contributed by atoms with E-state index in [1.54, 1.807) is 6.07 Å². The maximum Gasteiger partial charge on any atom is 0.328 e. The molecule has 1 amide bonds. The van der Waals surface area contributed by atoms with Crippen molar-refractivity contribution in [1.82, 2.24) is 0 Å². The van der Waals surface area contributed by atoms with E-state index in [-0.39, 0.29) is 17.7 Å². The Hall–Kier alpha value is -2.10. The molecule has 0 aromatic heterocycles. The highest BCUT2D eigenvalue weighted by atomic mass is 16.4. The Balaban J connectivity index is 2.92. The Morgan fingerprint density at radius 2 is 1.90 bits per heavy atom. The third kappa shape index (κ3) is 4.53. The van der Waals surface area contributed by atoms with Gasteiger partial charge in [0.15, 0.2) is 0 Å². The first-order valence-electron chi connectivity index (χ1n) is 6.63. The summed E-state index contributed by atoms with van der Waals surface area (Å²) in [6.07, 6.45) is 2.58. The van der Waals surface area contributed by atoms with Crippen molar-refractivity contribution in [3.8, 4) is 0 Å². The zero-order valence-electron chi connectivity index (χ0n) is 12.3. The fourth-order valence-electron chi connectivity index (χ4n) is 1.59. The van der Waals surface area contributed by atoms with Crippen molar-refractivity contribution >= 4 is 23.6 Å². The van der Waals surface area contributed by atoms with Crippen LogP contribution in [0, 0.1) is 18.8 Å².